The van der Waals surface area contributed by atoms with Gasteiger partial charge in [-0.3, -0.25) is 4.79 Å². The lowest BCUT2D eigenvalue weighted by Gasteiger charge is -2.13. The van der Waals surface area contributed by atoms with E-state index in [0.29, 0.717) is 6.42 Å². The van der Waals surface area contributed by atoms with Crippen LogP contribution < -0.4 is 5.73 Å². The fourth-order valence-electron chi connectivity index (χ4n) is 0.856. The first-order chi connectivity index (χ1) is 6.04. The van der Waals surface area contributed by atoms with Crippen molar-refractivity contribution < 1.29 is 14.3 Å². The van der Waals surface area contributed by atoms with Crippen LogP contribution in [0.1, 0.15) is 27.2 Å². The maximum absolute atomic E-state index is 11.4. The lowest BCUT2D eigenvalue weighted by molar-refractivity contribution is -0.148. The molecule has 4 nitrogen and oxygen atoms in total. The molecule has 0 aromatic rings. The van der Waals surface area contributed by atoms with Gasteiger partial charge in [0.05, 0.1) is 6.61 Å². The second kappa shape index (κ2) is 7.76. The summed E-state index contributed by atoms with van der Waals surface area (Å²) in [6, 6.07) is -1.12. The van der Waals surface area contributed by atoms with E-state index in [1.54, 1.807) is 13.8 Å². The fraction of sp³-hybridized carbons (Fsp3) is 0.778. The van der Waals surface area contributed by atoms with Gasteiger partial charge in [-0.25, -0.2) is 4.79 Å². The van der Waals surface area contributed by atoms with Gasteiger partial charge in [0.2, 0.25) is 0 Å². The van der Waals surface area contributed by atoms with E-state index in [-0.39, 0.29) is 30.7 Å². The molecule has 0 aliphatic carbocycles. The number of Topliss-reactive ketones (excluding diaryl/α,β-unsaturated/α-hetero) is 1. The van der Waals surface area contributed by atoms with Gasteiger partial charge in [-0.15, -0.1) is 12.4 Å². The van der Waals surface area contributed by atoms with Gasteiger partial charge in [0, 0.05) is 5.92 Å². The van der Waals surface area contributed by atoms with Crippen molar-refractivity contribution >= 4 is 24.2 Å². The van der Waals surface area contributed by atoms with E-state index >= 15 is 0 Å². The Balaban J connectivity index is 0. The summed E-state index contributed by atoms with van der Waals surface area (Å²) in [4.78, 5) is 22.4. The molecule has 2 N–H and O–H groups in total. The normalized spacial score (nSPS) is 13.7. The maximum Gasteiger partial charge on any atom is 0.330 e. The number of ether oxygens (including phenoxy) is 1. The van der Waals surface area contributed by atoms with Crippen molar-refractivity contribution in [3.05, 3.63) is 0 Å². The molecule has 0 amide bonds. The Hall–Kier alpha value is -0.610. The highest BCUT2D eigenvalue weighted by atomic mass is 35.5. The van der Waals surface area contributed by atoms with Crippen molar-refractivity contribution in [3.8, 4) is 0 Å². The molecule has 0 radical (unpaired) electrons. The molecule has 0 bridgehead atoms. The molecule has 0 heterocycles. The standard InChI is InChI=1S/C9H17NO3.ClH/c1-4-6(3)8(11)7(10)9(12)13-5-2;/h6-7H,4-5,10H2,1-3H3;1H/t6-,7?;/m0./s1. The van der Waals surface area contributed by atoms with Crippen molar-refractivity contribution in [2.75, 3.05) is 6.61 Å². The van der Waals surface area contributed by atoms with Gasteiger partial charge in [-0.2, -0.15) is 0 Å². The van der Waals surface area contributed by atoms with Gasteiger partial charge in [-0.05, 0) is 13.3 Å². The van der Waals surface area contributed by atoms with Crippen LogP contribution >= 0.6 is 12.4 Å². The lowest BCUT2D eigenvalue weighted by atomic mass is 9.98. The SMILES string of the molecule is CCOC(=O)C(N)C(=O)[C@@H](C)CC.Cl. The van der Waals surface area contributed by atoms with Crippen LogP contribution in [0.4, 0.5) is 0 Å². The molecular weight excluding hydrogens is 206 g/mol. The van der Waals surface area contributed by atoms with Crippen LogP contribution in [0.25, 0.3) is 0 Å². The second-order valence-corrected chi connectivity index (χ2v) is 2.94. The van der Waals surface area contributed by atoms with E-state index < -0.39 is 12.0 Å². The monoisotopic (exact) mass is 223 g/mol. The minimum Gasteiger partial charge on any atom is -0.464 e. The van der Waals surface area contributed by atoms with E-state index in [4.69, 9.17) is 5.73 Å². The van der Waals surface area contributed by atoms with E-state index in [0.717, 1.165) is 0 Å². The lowest BCUT2D eigenvalue weighted by Crippen LogP contribution is -2.42. The van der Waals surface area contributed by atoms with Gasteiger partial charge >= 0.3 is 5.97 Å². The molecule has 0 aromatic carbocycles. The Morgan fingerprint density at radius 2 is 1.86 bits per heavy atom. The average molecular weight is 224 g/mol. The van der Waals surface area contributed by atoms with Crippen LogP contribution in [0.15, 0.2) is 0 Å². The Morgan fingerprint density at radius 3 is 2.21 bits per heavy atom. The summed E-state index contributed by atoms with van der Waals surface area (Å²) in [7, 11) is 0. The Labute approximate surface area is 90.6 Å². The third-order valence-electron chi connectivity index (χ3n) is 1.95. The summed E-state index contributed by atoms with van der Waals surface area (Å²) in [5.74, 6) is -1.06. The molecular formula is C9H18ClNO3. The number of carbonyl (C=O) groups is 2. The molecule has 2 atom stereocenters. The first-order valence-electron chi connectivity index (χ1n) is 4.50. The molecule has 5 heteroatoms. The van der Waals surface area contributed by atoms with Crippen molar-refractivity contribution in [2.45, 2.75) is 33.2 Å². The molecule has 0 spiro atoms. The first-order valence-corrected chi connectivity index (χ1v) is 4.50. The number of carbonyl (C=O) groups excluding carboxylic acids is 2. The minimum atomic E-state index is -1.12. The van der Waals surface area contributed by atoms with Crippen LogP contribution in [0.2, 0.25) is 0 Å². The highest BCUT2D eigenvalue weighted by Gasteiger charge is 2.26. The largest absolute Gasteiger partial charge is 0.464 e. The van der Waals surface area contributed by atoms with Gasteiger partial charge in [-0.1, -0.05) is 13.8 Å². The van der Waals surface area contributed by atoms with Crippen molar-refractivity contribution in [1.82, 2.24) is 0 Å². The average Bonchev–Trinajstić information content (AvgIpc) is 2.14. The highest BCUT2D eigenvalue weighted by molar-refractivity contribution is 6.03. The molecule has 1 unspecified atom stereocenters. The molecule has 0 rings (SSSR count). The van der Waals surface area contributed by atoms with Crippen LogP contribution in [0.5, 0.6) is 0 Å². The molecule has 0 saturated heterocycles. The van der Waals surface area contributed by atoms with Crippen LogP contribution in [-0.4, -0.2) is 24.4 Å². The predicted octanol–water partition coefficient (Wildman–Crippen LogP) is 0.914. The summed E-state index contributed by atoms with van der Waals surface area (Å²) in [6.07, 6.45) is 0.686. The van der Waals surface area contributed by atoms with E-state index in [9.17, 15) is 9.59 Å². The first kappa shape index (κ1) is 15.8. The predicted molar refractivity (Wildman–Crippen MR) is 56.3 cm³/mol. The summed E-state index contributed by atoms with van der Waals surface area (Å²) in [5, 5.41) is 0. The second-order valence-electron chi connectivity index (χ2n) is 2.94. The van der Waals surface area contributed by atoms with Crippen LogP contribution in [0, 0.1) is 5.92 Å². The zero-order chi connectivity index (χ0) is 10.4. The number of hydrogen-bond donors (Lipinski definition) is 1. The smallest absolute Gasteiger partial charge is 0.330 e. The van der Waals surface area contributed by atoms with E-state index in [2.05, 4.69) is 4.74 Å². The van der Waals surface area contributed by atoms with E-state index in [1.807, 2.05) is 6.92 Å². The molecule has 14 heavy (non-hydrogen) atoms. The Kier molecular flexibility index (Phi) is 8.79. The maximum atomic E-state index is 11.4. The number of esters is 1. The zero-order valence-corrected chi connectivity index (χ0v) is 9.60. The molecule has 0 aliphatic heterocycles. The van der Waals surface area contributed by atoms with Crippen LogP contribution in [-0.2, 0) is 14.3 Å². The Bertz CT molecular complexity index is 196. The van der Waals surface area contributed by atoms with Crippen molar-refractivity contribution in [2.24, 2.45) is 11.7 Å². The molecule has 0 saturated carbocycles. The molecule has 84 valence electrons. The summed E-state index contributed by atoms with van der Waals surface area (Å²) < 4.78 is 4.63. The van der Waals surface area contributed by atoms with Crippen LogP contribution in [0.3, 0.4) is 0 Å². The van der Waals surface area contributed by atoms with Gasteiger partial charge in [0.1, 0.15) is 0 Å². The molecule has 0 aliphatic rings. The zero-order valence-electron chi connectivity index (χ0n) is 8.78. The highest BCUT2D eigenvalue weighted by Crippen LogP contribution is 2.05. The van der Waals surface area contributed by atoms with Crippen molar-refractivity contribution in [3.63, 3.8) is 0 Å². The third kappa shape index (κ3) is 4.58. The third-order valence-corrected chi connectivity index (χ3v) is 1.95. The van der Waals surface area contributed by atoms with Crippen molar-refractivity contribution in [1.29, 1.82) is 0 Å². The molecule has 0 aromatic heterocycles. The minimum absolute atomic E-state index is 0. The number of hydrogen-bond acceptors (Lipinski definition) is 4. The van der Waals surface area contributed by atoms with Gasteiger partial charge in [0.25, 0.3) is 0 Å². The molecule has 0 fully saturated rings. The Morgan fingerprint density at radius 1 is 1.36 bits per heavy atom. The summed E-state index contributed by atoms with van der Waals surface area (Å²) >= 11 is 0. The summed E-state index contributed by atoms with van der Waals surface area (Å²) in [5.41, 5.74) is 5.40. The summed E-state index contributed by atoms with van der Waals surface area (Å²) in [6.45, 7) is 5.56. The number of rotatable bonds is 5. The van der Waals surface area contributed by atoms with Gasteiger partial charge < -0.3 is 10.5 Å². The number of halogens is 1. The number of nitrogens with two attached hydrogens (primary N) is 1. The quantitative estimate of drug-likeness (QED) is 0.556. The topological polar surface area (TPSA) is 69.4 Å². The van der Waals surface area contributed by atoms with Gasteiger partial charge in [0.15, 0.2) is 11.8 Å². The van der Waals surface area contributed by atoms with E-state index in [1.165, 1.54) is 0 Å². The number of ketones is 1. The fourth-order valence-corrected chi connectivity index (χ4v) is 0.856.